The Bertz CT molecular complexity index is 302. The smallest absolute Gasteiger partial charge is 0.361 e. The van der Waals surface area contributed by atoms with Gasteiger partial charge in [0.25, 0.3) is 0 Å². The van der Waals surface area contributed by atoms with Crippen LogP contribution in [0.4, 0.5) is 19.0 Å². The molecule has 3 nitrogen and oxygen atoms in total. The number of alkyl halides is 3. The molecule has 0 amide bonds. The number of thioether (sulfide) groups is 1. The molecule has 0 saturated carbocycles. The van der Waals surface area contributed by atoms with Crippen LogP contribution < -0.4 is 5.32 Å². The summed E-state index contributed by atoms with van der Waals surface area (Å²) in [5, 5.41) is 2.80. The van der Waals surface area contributed by atoms with Gasteiger partial charge in [0.15, 0.2) is 0 Å². The highest BCUT2D eigenvalue weighted by atomic mass is 32.2. The summed E-state index contributed by atoms with van der Waals surface area (Å²) < 4.78 is 35.4. The van der Waals surface area contributed by atoms with Gasteiger partial charge in [0.05, 0.1) is 0 Å². The maximum absolute atomic E-state index is 11.8. The first-order valence-corrected chi connectivity index (χ1v) is 4.90. The molecule has 0 aromatic carbocycles. The number of hydrogen-bond acceptors (Lipinski definition) is 4. The maximum Gasteiger partial charge on any atom is 0.405 e. The van der Waals surface area contributed by atoms with Crippen molar-refractivity contribution in [3.63, 3.8) is 0 Å². The number of anilines is 1. The van der Waals surface area contributed by atoms with Gasteiger partial charge in [-0.25, -0.2) is 9.97 Å². The van der Waals surface area contributed by atoms with E-state index in [2.05, 4.69) is 15.3 Å². The summed E-state index contributed by atoms with van der Waals surface area (Å²) in [6.07, 6.45) is -1.22. The Kier molecular flexibility index (Phi) is 3.56. The van der Waals surface area contributed by atoms with Gasteiger partial charge in [-0.2, -0.15) is 13.2 Å². The quantitative estimate of drug-likeness (QED) is 0.629. The molecule has 14 heavy (non-hydrogen) atoms. The van der Waals surface area contributed by atoms with E-state index < -0.39 is 12.7 Å². The van der Waals surface area contributed by atoms with E-state index in [0.29, 0.717) is 5.03 Å². The third kappa shape index (κ3) is 3.82. The predicted molar refractivity (Wildman–Crippen MR) is 48.4 cm³/mol. The average Bonchev–Trinajstić information content (AvgIpc) is 2.14. The molecule has 1 N–H and O–H groups in total. The second-order valence-corrected chi connectivity index (χ2v) is 3.24. The Balaban J connectivity index is 2.59. The van der Waals surface area contributed by atoms with Crippen molar-refractivity contribution in [2.24, 2.45) is 0 Å². The zero-order valence-corrected chi connectivity index (χ0v) is 8.11. The Hall–Kier alpha value is -0.980. The number of halogens is 3. The standard InChI is InChI=1S/C7H8F3N3S/c1-14-6-2-5(12-4-13-6)11-3-7(8,9)10/h2,4H,3H2,1H3,(H,11,12,13). The third-order valence-electron chi connectivity index (χ3n) is 1.32. The molecule has 1 aromatic rings. The molecule has 0 spiro atoms. The monoisotopic (exact) mass is 223 g/mol. The van der Waals surface area contributed by atoms with Crippen molar-refractivity contribution >= 4 is 17.6 Å². The fraction of sp³-hybridized carbons (Fsp3) is 0.429. The van der Waals surface area contributed by atoms with E-state index in [1.807, 2.05) is 0 Å². The molecule has 0 saturated heterocycles. The summed E-state index contributed by atoms with van der Waals surface area (Å²) in [4.78, 5) is 7.49. The maximum atomic E-state index is 11.8. The molecular weight excluding hydrogens is 215 g/mol. The second-order valence-electron chi connectivity index (χ2n) is 2.41. The lowest BCUT2D eigenvalue weighted by molar-refractivity contribution is -0.115. The lowest BCUT2D eigenvalue weighted by Gasteiger charge is -2.08. The zero-order chi connectivity index (χ0) is 10.6. The summed E-state index contributed by atoms with van der Waals surface area (Å²) >= 11 is 1.34. The van der Waals surface area contributed by atoms with Crippen LogP contribution in [0.1, 0.15) is 0 Å². The van der Waals surface area contributed by atoms with E-state index in [4.69, 9.17) is 0 Å². The summed E-state index contributed by atoms with van der Waals surface area (Å²) in [7, 11) is 0. The van der Waals surface area contributed by atoms with Crippen LogP contribution in [0.15, 0.2) is 17.4 Å². The van der Waals surface area contributed by atoms with Gasteiger partial charge in [-0.05, 0) is 6.26 Å². The highest BCUT2D eigenvalue weighted by Gasteiger charge is 2.26. The molecule has 0 aliphatic heterocycles. The zero-order valence-electron chi connectivity index (χ0n) is 7.30. The van der Waals surface area contributed by atoms with Crippen molar-refractivity contribution in [3.05, 3.63) is 12.4 Å². The topological polar surface area (TPSA) is 37.8 Å². The van der Waals surface area contributed by atoms with E-state index in [1.54, 1.807) is 6.26 Å². The van der Waals surface area contributed by atoms with Gasteiger partial charge in [0, 0.05) is 6.07 Å². The highest BCUT2D eigenvalue weighted by Crippen LogP contribution is 2.17. The lowest BCUT2D eigenvalue weighted by atomic mass is 10.5. The molecule has 1 aromatic heterocycles. The van der Waals surface area contributed by atoms with Gasteiger partial charge in [0.1, 0.15) is 23.7 Å². The van der Waals surface area contributed by atoms with Crippen molar-refractivity contribution in [3.8, 4) is 0 Å². The molecular formula is C7H8F3N3S. The van der Waals surface area contributed by atoms with Gasteiger partial charge in [-0.3, -0.25) is 0 Å². The lowest BCUT2D eigenvalue weighted by Crippen LogP contribution is -2.21. The van der Waals surface area contributed by atoms with Crippen LogP contribution in [0.25, 0.3) is 0 Å². The Morgan fingerprint density at radius 3 is 2.71 bits per heavy atom. The first kappa shape index (κ1) is 11.1. The fourth-order valence-corrected chi connectivity index (χ4v) is 1.12. The molecule has 0 unspecified atom stereocenters. The molecule has 0 aliphatic carbocycles. The Labute approximate surface area is 83.1 Å². The van der Waals surface area contributed by atoms with E-state index >= 15 is 0 Å². The van der Waals surface area contributed by atoms with E-state index in [1.165, 1.54) is 24.2 Å². The van der Waals surface area contributed by atoms with Crippen LogP contribution in [0.3, 0.4) is 0 Å². The number of aromatic nitrogens is 2. The minimum atomic E-state index is -4.23. The Morgan fingerprint density at radius 1 is 1.43 bits per heavy atom. The van der Waals surface area contributed by atoms with Crippen LogP contribution in [0, 0.1) is 0 Å². The molecule has 1 heterocycles. The van der Waals surface area contributed by atoms with Gasteiger partial charge >= 0.3 is 6.18 Å². The molecule has 7 heteroatoms. The number of nitrogens with zero attached hydrogens (tertiary/aromatic N) is 2. The molecule has 0 atom stereocenters. The van der Waals surface area contributed by atoms with Crippen molar-refractivity contribution in [1.29, 1.82) is 0 Å². The van der Waals surface area contributed by atoms with Crippen LogP contribution in [-0.4, -0.2) is 28.9 Å². The molecule has 78 valence electrons. The summed E-state index contributed by atoms with van der Waals surface area (Å²) in [5.41, 5.74) is 0. The molecule has 0 radical (unpaired) electrons. The molecule has 0 bridgehead atoms. The summed E-state index contributed by atoms with van der Waals surface area (Å²) in [6, 6.07) is 1.47. The fourth-order valence-electron chi connectivity index (χ4n) is 0.739. The van der Waals surface area contributed by atoms with Gasteiger partial charge in [-0.15, -0.1) is 11.8 Å². The van der Waals surface area contributed by atoms with Crippen LogP contribution in [0.5, 0.6) is 0 Å². The molecule has 0 fully saturated rings. The summed E-state index contributed by atoms with van der Waals surface area (Å²) in [6.45, 7) is -1.09. The molecule has 0 aliphatic rings. The van der Waals surface area contributed by atoms with Crippen LogP contribution in [0.2, 0.25) is 0 Å². The minimum absolute atomic E-state index is 0.182. The first-order valence-electron chi connectivity index (χ1n) is 3.68. The van der Waals surface area contributed by atoms with Gasteiger partial charge in [0.2, 0.25) is 0 Å². The van der Waals surface area contributed by atoms with Gasteiger partial charge in [-0.1, -0.05) is 0 Å². The first-order chi connectivity index (χ1) is 6.51. The van der Waals surface area contributed by atoms with Crippen molar-refractivity contribution in [1.82, 2.24) is 9.97 Å². The Morgan fingerprint density at radius 2 is 2.14 bits per heavy atom. The van der Waals surface area contributed by atoms with Crippen molar-refractivity contribution < 1.29 is 13.2 Å². The summed E-state index contributed by atoms with van der Waals surface area (Å²) in [5.74, 6) is 0.182. The SMILES string of the molecule is CSc1cc(NCC(F)(F)F)ncn1. The highest BCUT2D eigenvalue weighted by molar-refractivity contribution is 7.98. The molecule has 1 rings (SSSR count). The van der Waals surface area contributed by atoms with Gasteiger partial charge < -0.3 is 5.32 Å². The average molecular weight is 223 g/mol. The number of hydrogen-bond donors (Lipinski definition) is 1. The van der Waals surface area contributed by atoms with Crippen LogP contribution >= 0.6 is 11.8 Å². The minimum Gasteiger partial charge on any atom is -0.361 e. The normalized spacial score (nSPS) is 11.4. The van der Waals surface area contributed by atoms with E-state index in [-0.39, 0.29) is 5.82 Å². The second kappa shape index (κ2) is 4.50. The number of nitrogens with one attached hydrogen (secondary N) is 1. The third-order valence-corrected chi connectivity index (χ3v) is 1.96. The van der Waals surface area contributed by atoms with Crippen molar-refractivity contribution in [2.75, 3.05) is 18.1 Å². The predicted octanol–water partition coefficient (Wildman–Crippen LogP) is 2.17. The largest absolute Gasteiger partial charge is 0.405 e. The number of rotatable bonds is 3. The van der Waals surface area contributed by atoms with Crippen LogP contribution in [-0.2, 0) is 0 Å². The van der Waals surface area contributed by atoms with E-state index in [9.17, 15) is 13.2 Å². The van der Waals surface area contributed by atoms with Crippen molar-refractivity contribution in [2.45, 2.75) is 11.2 Å². The van der Waals surface area contributed by atoms with E-state index in [0.717, 1.165) is 0 Å².